The Morgan fingerprint density at radius 1 is 1.06 bits per heavy atom. The van der Waals surface area contributed by atoms with Gasteiger partial charge in [0, 0.05) is 23.5 Å². The first-order valence-corrected chi connectivity index (χ1v) is 12.6. The van der Waals surface area contributed by atoms with Crippen LogP contribution in [-0.4, -0.2) is 36.8 Å². The number of fused-ring (bicyclic) bond motifs is 3. The number of carbonyl (C=O) groups is 2. The van der Waals surface area contributed by atoms with E-state index in [-0.39, 0.29) is 23.0 Å². The monoisotopic (exact) mass is 487 g/mol. The lowest BCUT2D eigenvalue weighted by Gasteiger charge is -2.17. The van der Waals surface area contributed by atoms with Crippen LogP contribution in [0.5, 0.6) is 0 Å². The second kappa shape index (κ2) is 9.87. The van der Waals surface area contributed by atoms with Crippen LogP contribution in [0.15, 0.2) is 64.5 Å². The topological polar surface area (TPSA) is 98.9 Å². The van der Waals surface area contributed by atoms with Gasteiger partial charge >= 0.3 is 0 Å². The molecule has 1 amide bonds. The highest BCUT2D eigenvalue weighted by molar-refractivity contribution is 7.99. The lowest BCUT2D eigenvalue weighted by atomic mass is 10.1. The molecule has 3 aliphatic heterocycles. The van der Waals surface area contributed by atoms with Crippen molar-refractivity contribution < 1.29 is 9.59 Å². The summed E-state index contributed by atoms with van der Waals surface area (Å²) < 4.78 is 3.49. The van der Waals surface area contributed by atoms with Crippen LogP contribution in [0.2, 0.25) is 0 Å². The van der Waals surface area contributed by atoms with Crippen LogP contribution in [0.25, 0.3) is 17.1 Å². The molecule has 0 bridgehead atoms. The van der Waals surface area contributed by atoms with Crippen molar-refractivity contribution in [3.63, 3.8) is 0 Å². The maximum absolute atomic E-state index is 13.3. The van der Waals surface area contributed by atoms with Gasteiger partial charge in [-0.05, 0) is 50.5 Å². The Morgan fingerprint density at radius 2 is 1.89 bits per heavy atom. The summed E-state index contributed by atoms with van der Waals surface area (Å²) in [5, 5.41) is 8.07. The first-order valence-electron chi connectivity index (χ1n) is 11.6. The molecule has 3 heterocycles. The van der Waals surface area contributed by atoms with E-state index in [0.29, 0.717) is 33.5 Å². The Hall–Kier alpha value is -3.72. The number of nitrogens with one attached hydrogen (secondary N) is 1. The molecule has 1 N–H and O–H groups in total. The van der Waals surface area contributed by atoms with Gasteiger partial charge in [0.05, 0.1) is 11.4 Å². The Bertz CT molecular complexity index is 1430. The van der Waals surface area contributed by atoms with Gasteiger partial charge in [-0.15, -0.1) is 5.10 Å². The highest BCUT2D eigenvalue weighted by atomic mass is 32.2. The molecule has 8 nitrogen and oxygen atoms in total. The number of hydrogen-bond acceptors (Lipinski definition) is 6. The summed E-state index contributed by atoms with van der Waals surface area (Å²) in [4.78, 5) is 42.4. The zero-order chi connectivity index (χ0) is 24.4. The number of carbonyl (C=O) groups excluding carboxylic acids is 2. The number of thioether (sulfide) groups is 1. The lowest BCUT2D eigenvalue weighted by molar-refractivity contribution is -0.113. The van der Waals surface area contributed by atoms with Crippen molar-refractivity contribution in [2.75, 3.05) is 11.1 Å². The fraction of sp³-hybridized carbons (Fsp3) is 0.269. The third kappa shape index (κ3) is 4.77. The molecule has 3 aliphatic rings. The number of nitrogens with zero attached hydrogens (tertiary/aromatic N) is 4. The molecule has 178 valence electrons. The largest absolute Gasteiger partial charge is 0.325 e. The predicted molar refractivity (Wildman–Crippen MR) is 136 cm³/mol. The minimum absolute atomic E-state index is 0.0558. The van der Waals surface area contributed by atoms with Crippen LogP contribution in [0.1, 0.15) is 42.2 Å². The standard InChI is InChI=1S/C26H25N5O3S/c1-17(32)18-9-8-10-19(15-18)27-22(33)16-35-26-28-24-23(21-13-6-3-7-14-30(21)26)25(34)31(29-24)20-11-4-2-5-12-20/h2,4-5,8-12,15H,3,6-7,13-14,16H2,1H3,(H,27,33). The van der Waals surface area contributed by atoms with Crippen LogP contribution in [0.4, 0.5) is 5.69 Å². The van der Waals surface area contributed by atoms with Crippen molar-refractivity contribution in [2.24, 2.45) is 0 Å². The Balaban J connectivity index is 1.45. The van der Waals surface area contributed by atoms with Crippen LogP contribution in [0, 0.1) is 0 Å². The maximum Gasteiger partial charge on any atom is 0.284 e. The first kappa shape index (κ1) is 23.0. The minimum atomic E-state index is -0.195. The Kier molecular flexibility index (Phi) is 6.50. The second-order valence-electron chi connectivity index (χ2n) is 8.53. The highest BCUT2D eigenvalue weighted by Gasteiger charge is 2.27. The van der Waals surface area contributed by atoms with Crippen LogP contribution in [0.3, 0.4) is 0 Å². The number of amides is 1. The van der Waals surface area contributed by atoms with Crippen molar-refractivity contribution in [2.45, 2.75) is 44.3 Å². The lowest BCUT2D eigenvalue weighted by Crippen LogP contribution is -2.20. The maximum atomic E-state index is 13.3. The average molecular weight is 488 g/mol. The normalized spacial score (nSPS) is 13.3. The van der Waals surface area contributed by atoms with Gasteiger partial charge in [0.1, 0.15) is 5.56 Å². The Morgan fingerprint density at radius 3 is 2.69 bits per heavy atom. The van der Waals surface area contributed by atoms with Crippen molar-refractivity contribution in [1.82, 2.24) is 19.3 Å². The van der Waals surface area contributed by atoms with E-state index in [4.69, 9.17) is 4.98 Å². The summed E-state index contributed by atoms with van der Waals surface area (Å²) >= 11 is 1.33. The summed E-state index contributed by atoms with van der Waals surface area (Å²) in [7, 11) is 0. The van der Waals surface area contributed by atoms with E-state index >= 15 is 0 Å². The van der Waals surface area contributed by atoms with E-state index in [2.05, 4.69) is 15.0 Å². The van der Waals surface area contributed by atoms with E-state index in [0.717, 1.165) is 37.9 Å². The number of rotatable bonds is 6. The van der Waals surface area contributed by atoms with Crippen LogP contribution < -0.4 is 10.9 Å². The molecule has 0 saturated heterocycles. The fourth-order valence-corrected chi connectivity index (χ4v) is 5.19. The van der Waals surface area contributed by atoms with E-state index < -0.39 is 0 Å². The number of hydrogen-bond donors (Lipinski definition) is 1. The zero-order valence-corrected chi connectivity index (χ0v) is 20.2. The Labute approximate surface area is 206 Å². The van der Waals surface area contributed by atoms with Gasteiger partial charge in [-0.1, -0.05) is 48.5 Å². The van der Waals surface area contributed by atoms with E-state index in [9.17, 15) is 14.4 Å². The van der Waals surface area contributed by atoms with Crippen molar-refractivity contribution in [3.8, 4) is 17.1 Å². The number of ketones is 1. The number of Topliss-reactive ketones (excluding diaryl/α,β-unsaturated/α-hetero) is 1. The summed E-state index contributed by atoms with van der Waals surface area (Å²) in [6, 6.07) is 16.2. The molecule has 35 heavy (non-hydrogen) atoms. The van der Waals surface area contributed by atoms with Gasteiger partial charge in [0.25, 0.3) is 5.56 Å². The quantitative estimate of drug-likeness (QED) is 0.249. The van der Waals surface area contributed by atoms with Crippen molar-refractivity contribution >= 4 is 29.1 Å². The van der Waals surface area contributed by atoms with E-state index in [1.165, 1.54) is 23.4 Å². The zero-order valence-electron chi connectivity index (χ0n) is 19.4. The van der Waals surface area contributed by atoms with Gasteiger partial charge < -0.3 is 9.88 Å². The summed E-state index contributed by atoms with van der Waals surface area (Å²) in [6.07, 6.45) is 3.82. The molecular weight excluding hydrogens is 462 g/mol. The molecule has 2 aromatic carbocycles. The SMILES string of the molecule is CC(=O)c1cccc(NC(=O)CSc2nc3nn(-c4ccccc4)c(=O)c-3c3n2CCCCC3)c1. The summed E-state index contributed by atoms with van der Waals surface area (Å²) in [6.45, 7) is 2.24. The third-order valence-corrected chi connectivity index (χ3v) is 7.03. The number of para-hydroxylation sites is 1. The summed E-state index contributed by atoms with van der Waals surface area (Å²) in [5.74, 6) is 0.301. The molecule has 0 unspecified atom stereocenters. The number of benzene rings is 2. The van der Waals surface area contributed by atoms with Crippen LogP contribution >= 0.6 is 11.8 Å². The van der Waals surface area contributed by atoms with Crippen molar-refractivity contribution in [3.05, 3.63) is 76.2 Å². The number of anilines is 1. The molecule has 0 atom stereocenters. The highest BCUT2D eigenvalue weighted by Crippen LogP contribution is 2.30. The smallest absolute Gasteiger partial charge is 0.284 e. The van der Waals surface area contributed by atoms with Gasteiger partial charge in [0.2, 0.25) is 5.91 Å². The minimum Gasteiger partial charge on any atom is -0.325 e. The van der Waals surface area contributed by atoms with Gasteiger partial charge in [-0.3, -0.25) is 14.4 Å². The second-order valence-corrected chi connectivity index (χ2v) is 9.47. The van der Waals surface area contributed by atoms with Gasteiger partial charge in [0.15, 0.2) is 16.8 Å². The molecule has 0 fully saturated rings. The van der Waals surface area contributed by atoms with Gasteiger partial charge in [-0.25, -0.2) is 4.98 Å². The molecule has 0 aliphatic carbocycles. The average Bonchev–Trinajstić information content (AvgIpc) is 3.02. The molecule has 0 radical (unpaired) electrons. The van der Waals surface area contributed by atoms with Crippen LogP contribution in [-0.2, 0) is 17.8 Å². The van der Waals surface area contributed by atoms with Crippen molar-refractivity contribution in [1.29, 1.82) is 0 Å². The molecule has 5 rings (SSSR count). The molecule has 2 aromatic rings. The predicted octanol–water partition coefficient (Wildman–Crippen LogP) is 4.19. The molecular formula is C26H25N5O3S. The molecule has 0 saturated carbocycles. The molecule has 0 aromatic heterocycles. The first-order chi connectivity index (χ1) is 17.0. The molecule has 0 spiro atoms. The summed E-state index contributed by atoms with van der Waals surface area (Å²) in [5.41, 5.74) is 3.16. The fourth-order valence-electron chi connectivity index (χ4n) is 4.35. The van der Waals surface area contributed by atoms with Gasteiger partial charge in [-0.2, -0.15) is 4.68 Å². The molecule has 9 heteroatoms. The number of aromatic nitrogens is 4. The third-order valence-electron chi connectivity index (χ3n) is 6.05. The van der Waals surface area contributed by atoms with E-state index in [1.54, 1.807) is 24.3 Å². The van der Waals surface area contributed by atoms with E-state index in [1.807, 2.05) is 30.3 Å².